The van der Waals surface area contributed by atoms with E-state index in [9.17, 15) is 26.4 Å². The lowest BCUT2D eigenvalue weighted by atomic mass is 10.2. The van der Waals surface area contributed by atoms with Crippen LogP contribution in [0.2, 0.25) is 0 Å². The first-order valence-electron chi connectivity index (χ1n) is 5.54. The van der Waals surface area contributed by atoms with Crippen LogP contribution in [0, 0.1) is 0 Å². The van der Waals surface area contributed by atoms with Gasteiger partial charge in [0.15, 0.2) is 15.6 Å². The third kappa shape index (κ3) is 3.34. The molecule has 0 saturated heterocycles. The van der Waals surface area contributed by atoms with Crippen molar-refractivity contribution in [3.8, 4) is 0 Å². The summed E-state index contributed by atoms with van der Waals surface area (Å²) in [5.41, 5.74) is -1.05. The number of hydrogen-bond donors (Lipinski definition) is 0. The number of ketones is 1. The molecule has 7 heteroatoms. The minimum Gasteiger partial charge on any atom is -0.298 e. The lowest BCUT2D eigenvalue weighted by molar-refractivity contribution is -0.137. The smallest absolute Gasteiger partial charge is 0.298 e. The summed E-state index contributed by atoms with van der Waals surface area (Å²) in [5, 5.41) is -1.35. The fourth-order valence-corrected chi connectivity index (χ4v) is 2.99. The number of carbonyl (C=O) groups excluding carboxylic acids is 1. The molecule has 1 unspecified atom stereocenters. The first kappa shape index (κ1) is 15.7. The number of benzene rings is 1. The number of halogens is 3. The number of Topliss-reactive ketones (excluding diaryl/α,β-unsaturated/α-hetero) is 1. The maximum Gasteiger partial charge on any atom is 0.416 e. The van der Waals surface area contributed by atoms with Crippen LogP contribution in [-0.4, -0.2) is 19.5 Å². The molecule has 3 nitrogen and oxygen atoms in total. The SMILES string of the molecule is CCC(=O)C(C)S(=O)(=O)c1cccc(C(F)(F)F)c1. The van der Waals surface area contributed by atoms with Gasteiger partial charge in [0.2, 0.25) is 0 Å². The number of hydrogen-bond acceptors (Lipinski definition) is 3. The van der Waals surface area contributed by atoms with E-state index in [4.69, 9.17) is 0 Å². The molecule has 1 aromatic rings. The molecule has 0 bridgehead atoms. The molecule has 0 spiro atoms. The van der Waals surface area contributed by atoms with Crippen molar-refractivity contribution in [2.75, 3.05) is 0 Å². The van der Waals surface area contributed by atoms with Crippen LogP contribution in [0.5, 0.6) is 0 Å². The molecular formula is C12H13F3O3S. The van der Waals surface area contributed by atoms with Crippen LogP contribution in [0.4, 0.5) is 13.2 Å². The second kappa shape index (κ2) is 5.32. The van der Waals surface area contributed by atoms with Crippen LogP contribution in [0.1, 0.15) is 25.8 Å². The summed E-state index contributed by atoms with van der Waals surface area (Å²) in [6.07, 6.45) is -4.61. The van der Waals surface area contributed by atoms with E-state index in [1.165, 1.54) is 13.8 Å². The third-order valence-corrected chi connectivity index (χ3v) is 4.86. The molecule has 0 aliphatic carbocycles. The van der Waals surface area contributed by atoms with E-state index in [0.29, 0.717) is 6.07 Å². The molecule has 0 radical (unpaired) electrons. The summed E-state index contributed by atoms with van der Waals surface area (Å²) < 4.78 is 61.6. The Labute approximate surface area is 109 Å². The van der Waals surface area contributed by atoms with Gasteiger partial charge in [-0.2, -0.15) is 13.2 Å². The van der Waals surface area contributed by atoms with Gasteiger partial charge in [0.05, 0.1) is 10.5 Å². The van der Waals surface area contributed by atoms with Crippen LogP contribution in [0.15, 0.2) is 29.2 Å². The topological polar surface area (TPSA) is 51.2 Å². The quantitative estimate of drug-likeness (QED) is 0.858. The highest BCUT2D eigenvalue weighted by atomic mass is 32.2. The molecule has 0 aromatic heterocycles. The van der Waals surface area contributed by atoms with Gasteiger partial charge in [-0.05, 0) is 25.1 Å². The van der Waals surface area contributed by atoms with E-state index in [0.717, 1.165) is 18.2 Å². The average molecular weight is 294 g/mol. The van der Waals surface area contributed by atoms with Crippen LogP contribution in [0.3, 0.4) is 0 Å². The fraction of sp³-hybridized carbons (Fsp3) is 0.417. The number of alkyl halides is 3. The minimum atomic E-state index is -4.62. The van der Waals surface area contributed by atoms with Crippen LogP contribution >= 0.6 is 0 Å². The predicted molar refractivity (Wildman–Crippen MR) is 63.4 cm³/mol. The molecule has 0 fully saturated rings. The predicted octanol–water partition coefficient (Wildman–Crippen LogP) is 2.85. The molecule has 0 amide bonds. The summed E-state index contributed by atoms with van der Waals surface area (Å²) >= 11 is 0. The molecule has 106 valence electrons. The van der Waals surface area contributed by atoms with Gasteiger partial charge in [-0.3, -0.25) is 4.79 Å². The second-order valence-electron chi connectivity index (χ2n) is 4.03. The Morgan fingerprint density at radius 3 is 2.37 bits per heavy atom. The Balaban J connectivity index is 3.27. The molecule has 1 aromatic carbocycles. The third-order valence-electron chi connectivity index (χ3n) is 2.76. The van der Waals surface area contributed by atoms with E-state index in [2.05, 4.69) is 0 Å². The zero-order chi connectivity index (χ0) is 14.8. The average Bonchev–Trinajstić information content (AvgIpc) is 2.36. The molecule has 19 heavy (non-hydrogen) atoms. The van der Waals surface area contributed by atoms with Crippen molar-refractivity contribution >= 4 is 15.6 Å². The van der Waals surface area contributed by atoms with E-state index in [1.54, 1.807) is 0 Å². The zero-order valence-electron chi connectivity index (χ0n) is 10.4. The van der Waals surface area contributed by atoms with E-state index in [-0.39, 0.29) is 6.42 Å². The van der Waals surface area contributed by atoms with Crippen molar-refractivity contribution in [1.82, 2.24) is 0 Å². The number of rotatable bonds is 4. The summed E-state index contributed by atoms with van der Waals surface area (Å²) in [6.45, 7) is 2.68. The van der Waals surface area contributed by atoms with Gasteiger partial charge in [0.1, 0.15) is 5.25 Å². The lowest BCUT2D eigenvalue weighted by Gasteiger charge is -2.13. The molecule has 0 aliphatic rings. The maximum absolute atomic E-state index is 12.5. The Morgan fingerprint density at radius 1 is 1.32 bits per heavy atom. The van der Waals surface area contributed by atoms with Gasteiger partial charge >= 0.3 is 6.18 Å². The van der Waals surface area contributed by atoms with E-state index in [1.807, 2.05) is 0 Å². The van der Waals surface area contributed by atoms with Gasteiger partial charge in [0, 0.05) is 6.42 Å². The highest BCUT2D eigenvalue weighted by Crippen LogP contribution is 2.31. The highest BCUT2D eigenvalue weighted by Gasteiger charge is 2.34. The lowest BCUT2D eigenvalue weighted by Crippen LogP contribution is -2.27. The van der Waals surface area contributed by atoms with Crippen molar-refractivity contribution in [1.29, 1.82) is 0 Å². The van der Waals surface area contributed by atoms with Gasteiger partial charge in [0.25, 0.3) is 0 Å². The first-order chi connectivity index (χ1) is 8.60. The summed E-state index contributed by atoms with van der Waals surface area (Å²) in [4.78, 5) is 10.9. The largest absolute Gasteiger partial charge is 0.416 e. The summed E-state index contributed by atoms with van der Waals surface area (Å²) in [5.74, 6) is -0.530. The Kier molecular flexibility index (Phi) is 4.39. The molecule has 0 aliphatic heterocycles. The maximum atomic E-state index is 12.5. The molecule has 0 saturated carbocycles. The van der Waals surface area contributed by atoms with Gasteiger partial charge < -0.3 is 0 Å². The van der Waals surface area contributed by atoms with Crippen molar-refractivity contribution in [3.63, 3.8) is 0 Å². The van der Waals surface area contributed by atoms with Crippen LogP contribution in [0.25, 0.3) is 0 Å². The van der Waals surface area contributed by atoms with Crippen LogP contribution in [-0.2, 0) is 20.8 Å². The van der Waals surface area contributed by atoms with Crippen molar-refractivity contribution < 1.29 is 26.4 Å². The molecule has 1 atom stereocenters. The minimum absolute atomic E-state index is 0.0133. The number of carbonyl (C=O) groups is 1. The van der Waals surface area contributed by atoms with E-state index < -0.39 is 37.5 Å². The Morgan fingerprint density at radius 2 is 1.89 bits per heavy atom. The van der Waals surface area contributed by atoms with Gasteiger partial charge in [-0.25, -0.2) is 8.42 Å². The van der Waals surface area contributed by atoms with Crippen molar-refractivity contribution in [2.45, 2.75) is 36.6 Å². The molecular weight excluding hydrogens is 281 g/mol. The highest BCUT2D eigenvalue weighted by molar-refractivity contribution is 7.92. The monoisotopic (exact) mass is 294 g/mol. The van der Waals surface area contributed by atoms with Crippen LogP contribution < -0.4 is 0 Å². The number of sulfone groups is 1. The standard InChI is InChI=1S/C12H13F3O3S/c1-3-11(16)8(2)19(17,18)10-6-4-5-9(7-10)12(13,14)15/h4-8H,3H2,1-2H3. The van der Waals surface area contributed by atoms with E-state index >= 15 is 0 Å². The van der Waals surface area contributed by atoms with Gasteiger partial charge in [-0.15, -0.1) is 0 Å². The van der Waals surface area contributed by atoms with Crippen molar-refractivity contribution in [2.24, 2.45) is 0 Å². The molecule has 0 heterocycles. The van der Waals surface area contributed by atoms with Crippen molar-refractivity contribution in [3.05, 3.63) is 29.8 Å². The molecule has 0 N–H and O–H groups in total. The second-order valence-corrected chi connectivity index (χ2v) is 6.30. The summed E-state index contributed by atoms with van der Waals surface area (Å²) in [6, 6.07) is 3.41. The molecule has 1 rings (SSSR count). The summed E-state index contributed by atoms with van der Waals surface area (Å²) in [7, 11) is -4.08. The zero-order valence-corrected chi connectivity index (χ0v) is 11.2. The Hall–Kier alpha value is -1.37. The Bertz CT molecular complexity index is 576. The first-order valence-corrected chi connectivity index (χ1v) is 7.09. The normalized spacial score (nSPS) is 14.2. The van der Waals surface area contributed by atoms with Gasteiger partial charge in [-0.1, -0.05) is 13.0 Å². The fourth-order valence-electron chi connectivity index (χ4n) is 1.51.